The van der Waals surface area contributed by atoms with Crippen molar-refractivity contribution in [1.29, 1.82) is 0 Å². The maximum absolute atomic E-state index is 13.8. The molecule has 9 nitrogen and oxygen atoms in total. The Bertz CT molecular complexity index is 1450. The fourth-order valence-electron chi connectivity index (χ4n) is 3.85. The molecule has 0 aliphatic carbocycles. The SMILES string of the molecule is [C-]#[N+]C(C)(C)c1nc(C(F)F)c(C(=O)N2CCc3[nH]cnc3[C@H]2c2nc3cc(F)ccc3o2)o1. The largest absolute Gasteiger partial charge is 0.438 e. The van der Waals surface area contributed by atoms with Crippen molar-refractivity contribution in [3.8, 4) is 0 Å². The van der Waals surface area contributed by atoms with E-state index in [1.807, 2.05) is 0 Å². The molecule has 5 rings (SSSR count). The fourth-order valence-corrected chi connectivity index (χ4v) is 3.85. The van der Waals surface area contributed by atoms with Crippen molar-refractivity contribution in [3.05, 3.63) is 76.4 Å². The molecule has 1 aliphatic rings. The van der Waals surface area contributed by atoms with Crippen LogP contribution in [0.4, 0.5) is 13.2 Å². The number of oxazole rings is 2. The first-order chi connectivity index (χ1) is 16.2. The molecule has 3 aromatic heterocycles. The van der Waals surface area contributed by atoms with Crippen LogP contribution in [0.3, 0.4) is 0 Å². The minimum Gasteiger partial charge on any atom is -0.438 e. The molecule has 34 heavy (non-hydrogen) atoms. The van der Waals surface area contributed by atoms with Crippen molar-refractivity contribution < 1.29 is 26.8 Å². The Morgan fingerprint density at radius 2 is 2.12 bits per heavy atom. The molecule has 1 N–H and O–H groups in total. The lowest BCUT2D eigenvalue weighted by atomic mass is 10.0. The number of carbonyl (C=O) groups is 1. The summed E-state index contributed by atoms with van der Waals surface area (Å²) in [5.41, 5.74) is -0.513. The van der Waals surface area contributed by atoms with E-state index in [4.69, 9.17) is 15.4 Å². The van der Waals surface area contributed by atoms with Crippen LogP contribution >= 0.6 is 0 Å². The highest BCUT2D eigenvalue weighted by molar-refractivity contribution is 5.93. The van der Waals surface area contributed by atoms with Gasteiger partial charge in [0, 0.05) is 38.6 Å². The first-order valence-corrected chi connectivity index (χ1v) is 10.3. The van der Waals surface area contributed by atoms with E-state index < -0.39 is 41.2 Å². The van der Waals surface area contributed by atoms with Gasteiger partial charge in [-0.1, -0.05) is 0 Å². The Morgan fingerprint density at radius 3 is 2.85 bits per heavy atom. The number of hydrogen-bond acceptors (Lipinski definition) is 6. The zero-order chi connectivity index (χ0) is 24.2. The maximum Gasteiger partial charge on any atom is 0.301 e. The van der Waals surface area contributed by atoms with Crippen molar-refractivity contribution in [3.63, 3.8) is 0 Å². The van der Waals surface area contributed by atoms with Crippen LogP contribution in [0.1, 0.15) is 65.7 Å². The molecular formula is C22H17F3N6O3. The van der Waals surface area contributed by atoms with E-state index in [9.17, 15) is 18.0 Å². The highest BCUT2D eigenvalue weighted by Crippen LogP contribution is 2.38. The first-order valence-electron chi connectivity index (χ1n) is 10.3. The Hall–Kier alpha value is -4.14. The monoisotopic (exact) mass is 470 g/mol. The molecule has 0 spiro atoms. The van der Waals surface area contributed by atoms with Crippen LogP contribution < -0.4 is 0 Å². The minimum atomic E-state index is -3.10. The average molecular weight is 470 g/mol. The molecule has 1 aromatic carbocycles. The Balaban J connectivity index is 1.62. The molecule has 4 aromatic rings. The number of hydrogen-bond donors (Lipinski definition) is 1. The van der Waals surface area contributed by atoms with Crippen LogP contribution in [0, 0.1) is 12.4 Å². The van der Waals surface area contributed by atoms with Gasteiger partial charge < -0.3 is 23.6 Å². The number of carbonyl (C=O) groups excluding carboxylic acids is 1. The summed E-state index contributed by atoms with van der Waals surface area (Å²) in [5, 5.41) is 0. The number of rotatable bonds is 4. The molecule has 1 amide bonds. The number of aromatic amines is 1. The van der Waals surface area contributed by atoms with Gasteiger partial charge in [-0.3, -0.25) is 4.79 Å². The second-order valence-electron chi connectivity index (χ2n) is 8.29. The van der Waals surface area contributed by atoms with Gasteiger partial charge in [0.25, 0.3) is 18.2 Å². The Morgan fingerprint density at radius 1 is 1.32 bits per heavy atom. The van der Waals surface area contributed by atoms with E-state index in [1.165, 1.54) is 43.3 Å². The maximum atomic E-state index is 13.8. The number of amides is 1. The normalized spacial score (nSPS) is 16.1. The Labute approximate surface area is 190 Å². The van der Waals surface area contributed by atoms with E-state index in [0.717, 1.165) is 5.69 Å². The van der Waals surface area contributed by atoms with Gasteiger partial charge in [0.1, 0.15) is 11.3 Å². The van der Waals surface area contributed by atoms with Crippen LogP contribution in [0.25, 0.3) is 15.9 Å². The van der Waals surface area contributed by atoms with Crippen LogP contribution in [-0.4, -0.2) is 37.3 Å². The highest BCUT2D eigenvalue weighted by atomic mass is 19.3. The van der Waals surface area contributed by atoms with Crippen molar-refractivity contribution >= 4 is 17.0 Å². The number of halogens is 3. The summed E-state index contributed by atoms with van der Waals surface area (Å²) in [5.74, 6) is -2.29. The number of alkyl halides is 2. The van der Waals surface area contributed by atoms with Crippen LogP contribution in [-0.2, 0) is 12.0 Å². The average Bonchev–Trinajstić information content (AvgIpc) is 3.55. The molecule has 4 heterocycles. The molecule has 0 unspecified atom stereocenters. The lowest BCUT2D eigenvalue weighted by Crippen LogP contribution is -2.41. The van der Waals surface area contributed by atoms with Gasteiger partial charge in [-0.25, -0.2) is 34.7 Å². The molecule has 0 fully saturated rings. The molecule has 1 aliphatic heterocycles. The van der Waals surface area contributed by atoms with Gasteiger partial charge in [-0.05, 0) is 12.1 Å². The number of nitrogens with zero attached hydrogens (tertiary/aromatic N) is 5. The number of imidazole rings is 1. The number of fused-ring (bicyclic) bond motifs is 2. The predicted octanol–water partition coefficient (Wildman–Crippen LogP) is 4.56. The molecule has 0 saturated carbocycles. The lowest BCUT2D eigenvalue weighted by Gasteiger charge is -2.32. The van der Waals surface area contributed by atoms with Crippen LogP contribution in [0.15, 0.2) is 33.4 Å². The third-order valence-corrected chi connectivity index (χ3v) is 5.64. The van der Waals surface area contributed by atoms with E-state index in [1.54, 1.807) is 0 Å². The number of benzene rings is 1. The molecule has 1 atom stereocenters. The number of nitrogens with one attached hydrogen (secondary N) is 1. The smallest absolute Gasteiger partial charge is 0.301 e. The lowest BCUT2D eigenvalue weighted by molar-refractivity contribution is 0.0617. The molecule has 0 radical (unpaired) electrons. The van der Waals surface area contributed by atoms with Gasteiger partial charge >= 0.3 is 5.54 Å². The number of H-pyrrole nitrogens is 1. The summed E-state index contributed by atoms with van der Waals surface area (Å²) in [4.78, 5) is 33.5. The second kappa shape index (κ2) is 7.72. The number of aromatic nitrogens is 4. The summed E-state index contributed by atoms with van der Waals surface area (Å²) < 4.78 is 52.5. The zero-order valence-corrected chi connectivity index (χ0v) is 18.0. The Kier molecular flexibility index (Phi) is 4.93. The zero-order valence-electron chi connectivity index (χ0n) is 18.0. The van der Waals surface area contributed by atoms with E-state index >= 15 is 0 Å². The summed E-state index contributed by atoms with van der Waals surface area (Å²) >= 11 is 0. The van der Waals surface area contributed by atoms with Crippen LogP contribution in [0.5, 0.6) is 0 Å². The van der Waals surface area contributed by atoms with E-state index in [2.05, 4.69) is 24.8 Å². The standard InChI is InChI=1S/C22H17F3N6O3/c1-22(2,26-3)21-30-15(18(24)25)17(34-21)20(32)31-7-6-11-14(28-9-27-11)16(31)19-29-12-8-10(23)4-5-13(12)33-19/h4-5,8-9,16,18H,6-7H2,1-2H3,(H,27,28)/t16-/m0/s1. The van der Waals surface area contributed by atoms with Crippen molar-refractivity contribution in [2.75, 3.05) is 6.54 Å². The quantitative estimate of drug-likeness (QED) is 0.439. The van der Waals surface area contributed by atoms with Crippen molar-refractivity contribution in [1.82, 2.24) is 24.8 Å². The molecule has 12 heteroatoms. The predicted molar refractivity (Wildman–Crippen MR) is 110 cm³/mol. The van der Waals surface area contributed by atoms with Gasteiger partial charge in [0.2, 0.25) is 11.7 Å². The van der Waals surface area contributed by atoms with Gasteiger partial charge in [-0.2, -0.15) is 0 Å². The third-order valence-electron chi connectivity index (χ3n) is 5.64. The van der Waals surface area contributed by atoms with E-state index in [0.29, 0.717) is 17.7 Å². The summed E-state index contributed by atoms with van der Waals surface area (Å²) in [7, 11) is 0. The van der Waals surface area contributed by atoms with Gasteiger partial charge in [0.05, 0.1) is 12.0 Å². The molecule has 0 bridgehead atoms. The van der Waals surface area contributed by atoms with Crippen molar-refractivity contribution in [2.24, 2.45) is 0 Å². The van der Waals surface area contributed by atoms with Crippen LogP contribution in [0.2, 0.25) is 0 Å². The minimum absolute atomic E-state index is 0.0434. The fraction of sp³-hybridized carbons (Fsp3) is 0.318. The van der Waals surface area contributed by atoms with Gasteiger partial charge in [0.15, 0.2) is 17.3 Å². The van der Waals surface area contributed by atoms with Gasteiger partial charge in [-0.15, -0.1) is 0 Å². The second-order valence-corrected chi connectivity index (χ2v) is 8.29. The summed E-state index contributed by atoms with van der Waals surface area (Å²) in [6.45, 7) is 10.3. The summed E-state index contributed by atoms with van der Waals surface area (Å²) in [6.07, 6.45) is -1.29. The molecule has 0 saturated heterocycles. The molecular weight excluding hydrogens is 453 g/mol. The van der Waals surface area contributed by atoms with Crippen molar-refractivity contribution in [2.45, 2.75) is 38.3 Å². The first kappa shape index (κ1) is 21.7. The van der Waals surface area contributed by atoms with E-state index in [-0.39, 0.29) is 23.8 Å². The molecule has 174 valence electrons. The third kappa shape index (κ3) is 3.40. The highest BCUT2D eigenvalue weighted by Gasteiger charge is 2.43. The topological polar surface area (TPSA) is 105 Å². The summed E-state index contributed by atoms with van der Waals surface area (Å²) in [6, 6.07) is 2.83.